The van der Waals surface area contributed by atoms with E-state index >= 15 is 4.79 Å². The maximum absolute atomic E-state index is 15.0. The number of furan rings is 1. The van der Waals surface area contributed by atoms with Gasteiger partial charge in [-0.2, -0.15) is 0 Å². The number of hydrogen-bond donors (Lipinski definition) is 2. The summed E-state index contributed by atoms with van der Waals surface area (Å²) in [5.41, 5.74) is -5.07. The summed E-state index contributed by atoms with van der Waals surface area (Å²) in [6.07, 6.45) is 15.6. The smallest absolute Gasteiger partial charge is 0.313 e. The van der Waals surface area contributed by atoms with E-state index < -0.39 is 44.4 Å². The van der Waals surface area contributed by atoms with Crippen molar-refractivity contribution in [3.63, 3.8) is 0 Å². The molecule has 0 radical (unpaired) electrons. The summed E-state index contributed by atoms with van der Waals surface area (Å²) in [6.45, 7) is 11.6. The number of esters is 1. The molecule has 0 aromatic carbocycles. The van der Waals surface area contributed by atoms with Gasteiger partial charge in [-0.15, -0.1) is 0 Å². The number of aliphatic hydroxyl groups excluding tert-OH is 1. The zero-order valence-corrected chi connectivity index (χ0v) is 31.0. The van der Waals surface area contributed by atoms with Gasteiger partial charge in [0.05, 0.1) is 36.0 Å². The van der Waals surface area contributed by atoms with Crippen molar-refractivity contribution in [3.8, 4) is 0 Å². The number of carbonyl (C=O) groups excluding carboxylic acids is 3. The van der Waals surface area contributed by atoms with Crippen LogP contribution in [0.2, 0.25) is 0 Å². The number of ether oxygens (including phenoxy) is 2. The molecule has 7 aliphatic carbocycles. The molecule has 4 bridgehead atoms. The van der Waals surface area contributed by atoms with Crippen LogP contribution in [-0.2, 0) is 19.1 Å². The minimum atomic E-state index is -1.28. The lowest BCUT2D eigenvalue weighted by molar-refractivity contribution is -0.188. The van der Waals surface area contributed by atoms with Crippen LogP contribution >= 0.6 is 0 Å². The number of allylic oxidation sites excluding steroid dienone is 4. The first-order valence-electron chi connectivity index (χ1n) is 19.6. The van der Waals surface area contributed by atoms with Crippen molar-refractivity contribution in [1.29, 1.82) is 0 Å². The Morgan fingerprint density at radius 1 is 0.941 bits per heavy atom. The van der Waals surface area contributed by atoms with Crippen molar-refractivity contribution < 1.29 is 38.5 Å². The summed E-state index contributed by atoms with van der Waals surface area (Å²) in [6, 6.07) is 3.49. The van der Waals surface area contributed by atoms with Gasteiger partial charge in [-0.1, -0.05) is 45.9 Å². The predicted octanol–water partition coefficient (Wildman–Crippen LogP) is 6.18. The van der Waals surface area contributed by atoms with Gasteiger partial charge in [0.15, 0.2) is 11.4 Å². The average molecular weight is 702 g/mol. The molecule has 11 atom stereocenters. The summed E-state index contributed by atoms with van der Waals surface area (Å²) in [7, 11) is 0. The molecular formula is C42H55NO8. The van der Waals surface area contributed by atoms with Crippen LogP contribution in [0.15, 0.2) is 46.6 Å². The largest absolute Gasteiger partial charge is 0.461 e. The molecule has 9 aliphatic rings. The van der Waals surface area contributed by atoms with Crippen molar-refractivity contribution >= 4 is 17.7 Å². The average Bonchev–Trinajstić information content (AvgIpc) is 3.91. The third-order valence-electron chi connectivity index (χ3n) is 17.3. The van der Waals surface area contributed by atoms with Gasteiger partial charge in [0.2, 0.25) is 5.78 Å². The highest BCUT2D eigenvalue weighted by Crippen LogP contribution is 2.78. The number of carbonyl (C=O) groups is 3. The number of rotatable bonds is 7. The molecule has 3 heterocycles. The normalized spacial score (nSPS) is 48.5. The Balaban J connectivity index is 1.12. The fourth-order valence-corrected chi connectivity index (χ4v) is 13.7. The number of nitrogens with zero attached hydrogens (tertiary/aromatic N) is 1. The number of aliphatic hydroxyl groups is 2. The number of Topliss-reactive ketones (excluding diaryl/α,β-unsaturated/α-hetero) is 1. The van der Waals surface area contributed by atoms with Gasteiger partial charge < -0.3 is 29.0 Å². The van der Waals surface area contributed by atoms with Crippen LogP contribution < -0.4 is 0 Å². The molecule has 1 aromatic rings. The molecule has 51 heavy (non-hydrogen) atoms. The lowest BCUT2D eigenvalue weighted by Gasteiger charge is -2.71. The first kappa shape index (κ1) is 34.0. The Bertz CT molecular complexity index is 1740. The molecule has 9 heteroatoms. The molecule has 1 aromatic heterocycles. The van der Waals surface area contributed by atoms with E-state index in [-0.39, 0.29) is 47.6 Å². The quantitative estimate of drug-likeness (QED) is 0.196. The van der Waals surface area contributed by atoms with E-state index in [0.717, 1.165) is 44.1 Å². The fraction of sp³-hybridized carbons (Fsp3) is 0.738. The molecule has 4 saturated carbocycles. The van der Waals surface area contributed by atoms with E-state index in [1.807, 2.05) is 20.8 Å². The minimum Gasteiger partial charge on any atom is -0.461 e. The van der Waals surface area contributed by atoms with Gasteiger partial charge >= 0.3 is 5.97 Å². The van der Waals surface area contributed by atoms with Gasteiger partial charge in [-0.25, -0.2) is 0 Å². The lowest BCUT2D eigenvalue weighted by Crippen LogP contribution is -2.68. The van der Waals surface area contributed by atoms with Gasteiger partial charge in [0, 0.05) is 40.4 Å². The second-order valence-corrected chi connectivity index (χ2v) is 19.1. The lowest BCUT2D eigenvalue weighted by atomic mass is 9.32. The second-order valence-electron chi connectivity index (χ2n) is 19.1. The first-order chi connectivity index (χ1) is 24.0. The van der Waals surface area contributed by atoms with Crippen molar-refractivity contribution in [2.24, 2.45) is 44.3 Å². The van der Waals surface area contributed by atoms with E-state index in [4.69, 9.17) is 13.9 Å². The van der Waals surface area contributed by atoms with Crippen LogP contribution in [0.4, 0.5) is 0 Å². The number of ketones is 1. The molecule has 6 fully saturated rings. The monoisotopic (exact) mass is 701 g/mol. The summed E-state index contributed by atoms with van der Waals surface area (Å²) in [5, 5.41) is 24.2. The zero-order valence-electron chi connectivity index (χ0n) is 31.0. The fourth-order valence-electron chi connectivity index (χ4n) is 13.7. The Kier molecular flexibility index (Phi) is 6.99. The van der Waals surface area contributed by atoms with E-state index in [1.54, 1.807) is 23.3 Å². The van der Waals surface area contributed by atoms with Crippen molar-refractivity contribution in [2.75, 3.05) is 19.7 Å². The predicted molar refractivity (Wildman–Crippen MR) is 187 cm³/mol. The highest BCUT2D eigenvalue weighted by Gasteiger charge is 2.78. The third-order valence-corrected chi connectivity index (χ3v) is 17.3. The van der Waals surface area contributed by atoms with E-state index in [1.165, 1.54) is 0 Å². The van der Waals surface area contributed by atoms with Gasteiger partial charge in [-0.3, -0.25) is 14.4 Å². The molecular weight excluding hydrogens is 646 g/mol. The highest BCUT2D eigenvalue weighted by molar-refractivity contribution is 6.08. The van der Waals surface area contributed by atoms with Gasteiger partial charge in [-0.05, 0) is 107 Å². The van der Waals surface area contributed by atoms with Crippen LogP contribution in [0, 0.1) is 44.3 Å². The van der Waals surface area contributed by atoms with Crippen LogP contribution in [0.5, 0.6) is 0 Å². The molecule has 10 rings (SSSR count). The van der Waals surface area contributed by atoms with E-state index in [2.05, 4.69) is 32.1 Å². The SMILES string of the molecule is CC12CCC(C(=O)N(CC3CCCO3)CC3(O)CCC4C56C=CC7(C=C5C(=O)c5ccco5)CC(O)CCC7(C)C6CCC43C)(OC1=O)C2(C)C. The number of hydrogen-bond acceptors (Lipinski definition) is 8. The van der Waals surface area contributed by atoms with E-state index in [9.17, 15) is 19.8 Å². The molecule has 9 nitrogen and oxygen atoms in total. The van der Waals surface area contributed by atoms with E-state index in [0.29, 0.717) is 51.0 Å². The third kappa shape index (κ3) is 3.91. The molecule has 1 amide bonds. The standard InChI is InChI=1S/C42H55NO8/c1-35(2)38(5)16-19-42(35,51-34(38)47)33(46)43(24-27-8-6-20-49-27)25-40(48)15-12-31-37(40,4)14-11-30-36(3)13-10-26(44)22-39(36)17-18-41(30,31)28(23-39)32(45)29-9-7-21-50-29/h7,9,17-18,21,23,26-27,30-31,44,48H,6,8,10-16,19-20,22,24-25H2,1-5H3. The topological polar surface area (TPSA) is 127 Å². The van der Waals surface area contributed by atoms with Gasteiger partial charge in [0.25, 0.3) is 5.91 Å². The maximum Gasteiger partial charge on any atom is 0.313 e. The number of amides is 1. The first-order valence-corrected chi connectivity index (χ1v) is 19.6. The number of fused-ring (bicyclic) bond motifs is 3. The second kappa shape index (κ2) is 10.5. The summed E-state index contributed by atoms with van der Waals surface area (Å²) in [5.74, 6) is -0.234. The molecule has 2 N–H and O–H groups in total. The minimum absolute atomic E-state index is 0.0643. The van der Waals surface area contributed by atoms with Crippen LogP contribution in [-0.4, -0.2) is 75.9 Å². The van der Waals surface area contributed by atoms with Gasteiger partial charge in [0.1, 0.15) is 0 Å². The van der Waals surface area contributed by atoms with Crippen molar-refractivity contribution in [2.45, 2.75) is 129 Å². The Hall–Kier alpha value is -2.75. The summed E-state index contributed by atoms with van der Waals surface area (Å²) in [4.78, 5) is 44.7. The molecule has 2 saturated heterocycles. The van der Waals surface area contributed by atoms with Crippen LogP contribution in [0.1, 0.15) is 116 Å². The zero-order chi connectivity index (χ0) is 36.0. The van der Waals surface area contributed by atoms with Crippen LogP contribution in [0.3, 0.4) is 0 Å². The Morgan fingerprint density at radius 3 is 2.35 bits per heavy atom. The molecule has 2 aliphatic heterocycles. The molecule has 276 valence electrons. The molecule has 2 spiro atoms. The van der Waals surface area contributed by atoms with Crippen LogP contribution in [0.25, 0.3) is 0 Å². The maximum atomic E-state index is 15.0. The Labute approximate surface area is 301 Å². The Morgan fingerprint density at radius 2 is 1.69 bits per heavy atom. The molecule has 11 unspecified atom stereocenters. The summed E-state index contributed by atoms with van der Waals surface area (Å²) < 4.78 is 17.9. The van der Waals surface area contributed by atoms with Crippen molar-refractivity contribution in [3.05, 3.63) is 48.0 Å². The highest BCUT2D eigenvalue weighted by atomic mass is 16.6. The van der Waals surface area contributed by atoms with Crippen molar-refractivity contribution in [1.82, 2.24) is 4.90 Å². The summed E-state index contributed by atoms with van der Waals surface area (Å²) >= 11 is 0.